The molecular weight excluding hydrogens is 612 g/mol. The van der Waals surface area contributed by atoms with E-state index in [9.17, 15) is 24.0 Å². The summed E-state index contributed by atoms with van der Waals surface area (Å²) in [5.74, 6) is -2.01. The minimum atomic E-state index is -0.997. The fraction of sp³-hybridized carbons (Fsp3) is 0.371. The van der Waals surface area contributed by atoms with Crippen molar-refractivity contribution in [2.45, 2.75) is 70.0 Å². The number of rotatable bonds is 10. The van der Waals surface area contributed by atoms with Gasteiger partial charge in [-0.05, 0) is 69.4 Å². The van der Waals surface area contributed by atoms with E-state index in [-0.39, 0.29) is 42.0 Å². The number of imide groups is 2. The molecule has 13 heteroatoms. The van der Waals surface area contributed by atoms with Crippen molar-refractivity contribution in [2.24, 2.45) is 10.7 Å². The summed E-state index contributed by atoms with van der Waals surface area (Å²) in [6, 6.07) is 11.7. The lowest BCUT2D eigenvalue weighted by Gasteiger charge is -2.36. The topological polar surface area (TPSA) is 180 Å². The number of aliphatic imine (C=N–C) groups is 1. The van der Waals surface area contributed by atoms with Crippen LogP contribution in [0.15, 0.2) is 59.9 Å². The molecule has 2 fully saturated rings. The van der Waals surface area contributed by atoms with Gasteiger partial charge in [0.15, 0.2) is 0 Å². The van der Waals surface area contributed by atoms with Crippen molar-refractivity contribution >= 4 is 58.0 Å². The van der Waals surface area contributed by atoms with Crippen LogP contribution in [0.2, 0.25) is 0 Å². The van der Waals surface area contributed by atoms with E-state index in [0.29, 0.717) is 42.9 Å². The SMILES string of the molecule is CC1CC(N=CC(=CN)c2cnc3ccccc3n2)CCN1C(=O)CCCCNc1ccc2c(c1)C(=O)N(C1CCC(=O)NC1=O)C2=O. The summed E-state index contributed by atoms with van der Waals surface area (Å²) >= 11 is 0. The third-order valence-corrected chi connectivity index (χ3v) is 9.10. The van der Waals surface area contributed by atoms with Crippen molar-refractivity contribution in [1.29, 1.82) is 0 Å². The van der Waals surface area contributed by atoms with Crippen molar-refractivity contribution < 1.29 is 24.0 Å². The lowest BCUT2D eigenvalue weighted by Crippen LogP contribution is -2.54. The minimum Gasteiger partial charge on any atom is -0.404 e. The highest BCUT2D eigenvalue weighted by Gasteiger charge is 2.44. The molecule has 3 aliphatic heterocycles. The maximum Gasteiger partial charge on any atom is 0.262 e. The van der Waals surface area contributed by atoms with Gasteiger partial charge in [-0.15, -0.1) is 0 Å². The van der Waals surface area contributed by atoms with Crippen LogP contribution in [0.25, 0.3) is 16.6 Å². The third-order valence-electron chi connectivity index (χ3n) is 9.10. The molecule has 3 aromatic rings. The van der Waals surface area contributed by atoms with Gasteiger partial charge < -0.3 is 16.0 Å². The van der Waals surface area contributed by atoms with E-state index in [1.54, 1.807) is 30.6 Å². The van der Waals surface area contributed by atoms with Crippen LogP contribution in [0.5, 0.6) is 0 Å². The molecule has 0 radical (unpaired) electrons. The van der Waals surface area contributed by atoms with Crippen LogP contribution in [0.4, 0.5) is 5.69 Å². The summed E-state index contributed by atoms with van der Waals surface area (Å²) in [5.41, 5.74) is 9.99. The van der Waals surface area contributed by atoms with Crippen molar-refractivity contribution in [3.63, 3.8) is 0 Å². The highest BCUT2D eigenvalue weighted by Crippen LogP contribution is 2.30. The quantitative estimate of drug-likeness (QED) is 0.169. The monoisotopic (exact) mass is 650 g/mol. The first-order valence-electron chi connectivity index (χ1n) is 16.3. The number of benzene rings is 2. The lowest BCUT2D eigenvalue weighted by atomic mass is 9.98. The second kappa shape index (κ2) is 14.1. The number of nitrogens with two attached hydrogens (primary N) is 1. The zero-order valence-electron chi connectivity index (χ0n) is 26.7. The number of hydrogen-bond donors (Lipinski definition) is 3. The molecule has 1 aromatic heterocycles. The van der Waals surface area contributed by atoms with Gasteiger partial charge in [-0.1, -0.05) is 12.1 Å². The maximum atomic E-state index is 13.1. The van der Waals surface area contributed by atoms with Gasteiger partial charge in [0.1, 0.15) is 6.04 Å². The van der Waals surface area contributed by atoms with E-state index in [4.69, 9.17) is 10.7 Å². The van der Waals surface area contributed by atoms with Gasteiger partial charge in [-0.25, -0.2) is 4.98 Å². The molecular formula is C35H38N8O5. The maximum absolute atomic E-state index is 13.1. The second-order valence-corrected chi connectivity index (χ2v) is 12.3. The Hall–Kier alpha value is -5.46. The summed E-state index contributed by atoms with van der Waals surface area (Å²) in [6.45, 7) is 3.27. The zero-order chi connectivity index (χ0) is 33.8. The lowest BCUT2D eigenvalue weighted by molar-refractivity contribution is -0.136. The average molecular weight is 651 g/mol. The Morgan fingerprint density at radius 2 is 1.85 bits per heavy atom. The third kappa shape index (κ3) is 6.80. The molecule has 5 amide bonds. The molecule has 4 heterocycles. The Balaban J connectivity index is 0.939. The first-order chi connectivity index (χ1) is 23.2. The van der Waals surface area contributed by atoms with Gasteiger partial charge in [0, 0.05) is 55.6 Å². The molecule has 2 saturated heterocycles. The predicted octanol–water partition coefficient (Wildman–Crippen LogP) is 3.06. The van der Waals surface area contributed by atoms with E-state index in [2.05, 4.69) is 27.5 Å². The molecule has 0 saturated carbocycles. The molecule has 6 rings (SSSR count). The Bertz CT molecular complexity index is 1840. The van der Waals surface area contributed by atoms with Crippen LogP contribution in [-0.4, -0.2) is 86.7 Å². The van der Waals surface area contributed by atoms with Gasteiger partial charge >= 0.3 is 0 Å². The number of nitrogens with one attached hydrogen (secondary N) is 2. The number of para-hydroxylation sites is 2. The summed E-state index contributed by atoms with van der Waals surface area (Å²) in [4.78, 5) is 79.6. The number of fused-ring (bicyclic) bond motifs is 2. The van der Waals surface area contributed by atoms with E-state index >= 15 is 0 Å². The molecule has 3 unspecified atom stereocenters. The largest absolute Gasteiger partial charge is 0.404 e. The number of nitrogens with zero attached hydrogens (tertiary/aromatic N) is 5. The van der Waals surface area contributed by atoms with Crippen molar-refractivity contribution in [2.75, 3.05) is 18.4 Å². The summed E-state index contributed by atoms with van der Waals surface area (Å²) in [7, 11) is 0. The van der Waals surface area contributed by atoms with E-state index in [0.717, 1.165) is 35.2 Å². The number of allylic oxidation sites excluding steroid dienone is 1. The first-order valence-corrected chi connectivity index (χ1v) is 16.3. The van der Waals surface area contributed by atoms with Crippen LogP contribution in [0.1, 0.15) is 78.3 Å². The smallest absolute Gasteiger partial charge is 0.262 e. The Morgan fingerprint density at radius 3 is 2.62 bits per heavy atom. The molecule has 3 atom stereocenters. The molecule has 48 heavy (non-hydrogen) atoms. The molecule has 13 nitrogen and oxygen atoms in total. The normalized spacial score (nSPS) is 21.6. The molecule has 0 aliphatic carbocycles. The Kier molecular flexibility index (Phi) is 9.55. The van der Waals surface area contributed by atoms with Crippen LogP contribution in [-0.2, 0) is 14.4 Å². The number of unbranched alkanes of at least 4 members (excludes halogenated alkanes) is 1. The summed E-state index contributed by atoms with van der Waals surface area (Å²) in [5, 5.41) is 5.47. The molecule has 0 spiro atoms. The fourth-order valence-electron chi connectivity index (χ4n) is 6.49. The average Bonchev–Trinajstić information content (AvgIpc) is 3.33. The summed E-state index contributed by atoms with van der Waals surface area (Å²) < 4.78 is 0. The summed E-state index contributed by atoms with van der Waals surface area (Å²) in [6.07, 6.45) is 8.49. The standard InChI is InChI=1S/C35H38N8O5/c1-21-16-24(38-19-22(18-36)29-20-39-27-6-2-3-7-28(27)40-29)13-15-42(21)32(45)8-4-5-14-37-23-9-10-25-26(17-23)35(48)43(34(25)47)30-11-12-31(44)41-33(30)46/h2-3,6-7,9-10,17-21,24,30,37H,4-5,8,11-16,36H2,1H3,(H,41,44,46). The second-order valence-electron chi connectivity index (χ2n) is 12.3. The number of piperidine rings is 2. The molecule has 0 bridgehead atoms. The number of hydrogen-bond acceptors (Lipinski definition) is 10. The van der Waals surface area contributed by atoms with Crippen molar-refractivity contribution in [3.05, 3.63) is 71.7 Å². The zero-order valence-corrected chi connectivity index (χ0v) is 26.7. The van der Waals surface area contributed by atoms with Crippen LogP contribution in [0, 0.1) is 0 Å². The van der Waals surface area contributed by atoms with E-state index in [1.807, 2.05) is 29.2 Å². The van der Waals surface area contributed by atoms with Gasteiger partial charge in [-0.2, -0.15) is 0 Å². The van der Waals surface area contributed by atoms with Gasteiger partial charge in [0.2, 0.25) is 17.7 Å². The van der Waals surface area contributed by atoms with Crippen LogP contribution < -0.4 is 16.4 Å². The van der Waals surface area contributed by atoms with Gasteiger partial charge in [-0.3, -0.25) is 44.2 Å². The van der Waals surface area contributed by atoms with Crippen molar-refractivity contribution in [3.8, 4) is 0 Å². The van der Waals surface area contributed by atoms with Gasteiger partial charge in [0.05, 0.1) is 40.1 Å². The predicted molar refractivity (Wildman–Crippen MR) is 180 cm³/mol. The highest BCUT2D eigenvalue weighted by molar-refractivity contribution is 6.23. The number of anilines is 1. The molecule has 2 aromatic carbocycles. The minimum absolute atomic E-state index is 0.0590. The Labute approximate surface area is 277 Å². The highest BCUT2D eigenvalue weighted by atomic mass is 16.2. The number of amides is 5. The Morgan fingerprint density at radius 1 is 1.06 bits per heavy atom. The van der Waals surface area contributed by atoms with E-state index in [1.165, 1.54) is 6.20 Å². The molecule has 248 valence electrons. The number of likely N-dealkylation sites (tertiary alicyclic amines) is 1. The molecule has 3 aliphatic rings. The molecule has 4 N–H and O–H groups in total. The van der Waals surface area contributed by atoms with Crippen LogP contribution >= 0.6 is 0 Å². The number of carbonyl (C=O) groups is 5. The van der Waals surface area contributed by atoms with Crippen molar-refractivity contribution in [1.82, 2.24) is 25.1 Å². The number of aromatic nitrogens is 2. The van der Waals surface area contributed by atoms with Crippen LogP contribution in [0.3, 0.4) is 0 Å². The first kappa shape index (κ1) is 32.5. The number of carbonyl (C=O) groups excluding carboxylic acids is 5. The van der Waals surface area contributed by atoms with Gasteiger partial charge in [0.25, 0.3) is 11.8 Å². The fourth-order valence-corrected chi connectivity index (χ4v) is 6.49. The van der Waals surface area contributed by atoms with E-state index < -0.39 is 29.7 Å².